The van der Waals surface area contributed by atoms with Crippen molar-refractivity contribution in [2.75, 3.05) is 20.6 Å². The topological polar surface area (TPSA) is 117 Å². The number of rotatable bonds is 7. The number of benzene rings is 2. The summed E-state index contributed by atoms with van der Waals surface area (Å²) in [5.41, 5.74) is 3.00. The van der Waals surface area contributed by atoms with Crippen LogP contribution in [0.25, 0.3) is 0 Å². The molecule has 8 nitrogen and oxygen atoms in total. The third-order valence-electron chi connectivity index (χ3n) is 7.18. The molecule has 0 radical (unpaired) electrons. The molecular weight excluding hydrogens is 486 g/mol. The SMILES string of the molecule is COc1c(O)ccc2c1C#CCc1cc(cc(OCO)c1OCNC1CCCC1)CCC(O)CC(=O)CC2. The van der Waals surface area contributed by atoms with Gasteiger partial charge < -0.3 is 29.5 Å². The molecule has 4 rings (SSSR count). The maximum atomic E-state index is 12.6. The number of aliphatic hydroxyl groups excluding tert-OH is 2. The van der Waals surface area contributed by atoms with Crippen LogP contribution >= 0.6 is 0 Å². The van der Waals surface area contributed by atoms with Crippen LogP contribution in [0.5, 0.6) is 23.0 Å². The van der Waals surface area contributed by atoms with Gasteiger partial charge in [-0.05, 0) is 55.4 Å². The number of nitrogens with one attached hydrogen (secondary N) is 1. The van der Waals surface area contributed by atoms with Crippen molar-refractivity contribution in [2.45, 2.75) is 76.4 Å². The first-order valence-electron chi connectivity index (χ1n) is 13.3. The molecule has 0 amide bonds. The summed E-state index contributed by atoms with van der Waals surface area (Å²) in [4.78, 5) is 12.6. The molecule has 0 saturated heterocycles. The molecule has 38 heavy (non-hydrogen) atoms. The third kappa shape index (κ3) is 7.19. The van der Waals surface area contributed by atoms with Gasteiger partial charge >= 0.3 is 0 Å². The number of fused-ring (bicyclic) bond motifs is 3. The molecule has 4 N–H and O–H groups in total. The van der Waals surface area contributed by atoms with Gasteiger partial charge in [-0.1, -0.05) is 36.8 Å². The first-order chi connectivity index (χ1) is 18.5. The maximum absolute atomic E-state index is 12.6. The molecule has 0 heterocycles. The Balaban J connectivity index is 1.71. The van der Waals surface area contributed by atoms with Crippen molar-refractivity contribution in [3.63, 3.8) is 0 Å². The van der Waals surface area contributed by atoms with Crippen LogP contribution in [0.2, 0.25) is 0 Å². The van der Waals surface area contributed by atoms with Crippen molar-refractivity contribution in [1.82, 2.24) is 5.32 Å². The maximum Gasteiger partial charge on any atom is 0.186 e. The normalized spacial score (nSPS) is 18.5. The number of methoxy groups -OCH3 is 1. The third-order valence-corrected chi connectivity index (χ3v) is 7.18. The van der Waals surface area contributed by atoms with Gasteiger partial charge in [-0.3, -0.25) is 10.1 Å². The van der Waals surface area contributed by atoms with Gasteiger partial charge in [0.15, 0.2) is 29.8 Å². The molecule has 1 fully saturated rings. The van der Waals surface area contributed by atoms with Crippen LogP contribution in [0.15, 0.2) is 24.3 Å². The van der Waals surface area contributed by atoms with E-state index in [-0.39, 0.29) is 30.1 Å². The molecule has 1 unspecified atom stereocenters. The Hall–Kier alpha value is -3.25. The number of phenolic OH excluding ortho intramolecular Hbond substituents is 1. The Morgan fingerprint density at radius 3 is 2.61 bits per heavy atom. The number of ketones is 1. The molecule has 2 bridgehead atoms. The molecular formula is C30H37NO7. The molecule has 0 aromatic heterocycles. The molecule has 1 atom stereocenters. The average Bonchev–Trinajstić information content (AvgIpc) is 3.41. The van der Waals surface area contributed by atoms with Crippen molar-refractivity contribution in [3.8, 4) is 34.8 Å². The number of aromatic hydroxyl groups is 1. The van der Waals surface area contributed by atoms with Gasteiger partial charge in [0.2, 0.25) is 0 Å². The lowest BCUT2D eigenvalue weighted by Crippen LogP contribution is -2.30. The summed E-state index contributed by atoms with van der Waals surface area (Å²) in [5, 5.41) is 33.9. The van der Waals surface area contributed by atoms with Crippen LogP contribution in [0.4, 0.5) is 0 Å². The van der Waals surface area contributed by atoms with E-state index in [1.54, 1.807) is 12.1 Å². The number of aliphatic hydroxyl groups is 2. The zero-order valence-electron chi connectivity index (χ0n) is 21.9. The lowest BCUT2D eigenvalue weighted by molar-refractivity contribution is -0.121. The zero-order chi connectivity index (χ0) is 26.9. The average molecular weight is 524 g/mol. The highest BCUT2D eigenvalue weighted by atomic mass is 16.6. The highest BCUT2D eigenvalue weighted by Gasteiger charge is 2.19. The Kier molecular flexibility index (Phi) is 9.88. The van der Waals surface area contributed by atoms with Crippen LogP contribution in [0, 0.1) is 11.8 Å². The fourth-order valence-electron chi connectivity index (χ4n) is 5.17. The standard InChI is InChI=1S/C30H37NO7/c1-36-30-26-8-4-5-22-15-20(9-12-24(33)17-25(34)13-10-21(26)11-14-27(30)35)16-28(38-19-32)29(22)37-18-31-23-6-2-3-7-23/h11,14-16,23-24,31-33,35H,2-3,5-7,9-10,12-13,17-19H2,1H3. The Bertz CT molecular complexity index is 1180. The minimum Gasteiger partial charge on any atom is -0.504 e. The van der Waals surface area contributed by atoms with E-state index >= 15 is 0 Å². The van der Waals surface area contributed by atoms with Gasteiger partial charge in [-0.25, -0.2) is 0 Å². The minimum absolute atomic E-state index is 0.0251. The van der Waals surface area contributed by atoms with E-state index in [4.69, 9.17) is 14.2 Å². The van der Waals surface area contributed by atoms with E-state index < -0.39 is 12.9 Å². The van der Waals surface area contributed by atoms with Crippen LogP contribution < -0.4 is 19.5 Å². The Labute approximate surface area is 223 Å². The number of aryl methyl sites for hydroxylation is 2. The summed E-state index contributed by atoms with van der Waals surface area (Å²) in [5.74, 6) is 7.45. The molecule has 0 aliphatic heterocycles. The number of phenols is 1. The fourth-order valence-corrected chi connectivity index (χ4v) is 5.17. The number of ether oxygens (including phenoxy) is 3. The van der Waals surface area contributed by atoms with Gasteiger partial charge in [-0.15, -0.1) is 0 Å². The molecule has 204 valence electrons. The zero-order valence-corrected chi connectivity index (χ0v) is 21.9. The predicted octanol–water partition coefficient (Wildman–Crippen LogP) is 3.39. The molecule has 0 spiro atoms. The number of carbonyl (C=O) groups is 1. The van der Waals surface area contributed by atoms with Gasteiger partial charge in [0.1, 0.15) is 12.5 Å². The summed E-state index contributed by atoms with van der Waals surface area (Å²) in [6.07, 6.45) is 5.91. The largest absolute Gasteiger partial charge is 0.504 e. The molecule has 2 aliphatic carbocycles. The highest BCUT2D eigenvalue weighted by molar-refractivity contribution is 5.79. The van der Waals surface area contributed by atoms with Gasteiger partial charge in [-0.2, -0.15) is 0 Å². The lowest BCUT2D eigenvalue weighted by atomic mass is 9.97. The monoisotopic (exact) mass is 523 g/mol. The van der Waals surface area contributed by atoms with Crippen LogP contribution in [0.3, 0.4) is 0 Å². The second-order valence-electron chi connectivity index (χ2n) is 9.90. The minimum atomic E-state index is -0.769. The van der Waals surface area contributed by atoms with Crippen LogP contribution in [-0.2, 0) is 24.1 Å². The summed E-state index contributed by atoms with van der Waals surface area (Å²) in [6.45, 7) is -0.209. The number of carbonyl (C=O) groups excluding carboxylic acids is 1. The van der Waals surface area contributed by atoms with E-state index in [2.05, 4.69) is 17.2 Å². The number of hydrogen-bond acceptors (Lipinski definition) is 8. The Morgan fingerprint density at radius 1 is 1.03 bits per heavy atom. The second-order valence-corrected chi connectivity index (χ2v) is 9.90. The van der Waals surface area contributed by atoms with Crippen molar-refractivity contribution >= 4 is 5.78 Å². The number of Topliss-reactive ketones (excluding diaryl/α,β-unsaturated/α-hetero) is 1. The van der Waals surface area contributed by atoms with Gasteiger partial charge in [0, 0.05) is 30.9 Å². The van der Waals surface area contributed by atoms with Crippen molar-refractivity contribution in [1.29, 1.82) is 0 Å². The van der Waals surface area contributed by atoms with E-state index in [1.807, 2.05) is 6.07 Å². The summed E-state index contributed by atoms with van der Waals surface area (Å²) in [7, 11) is 1.47. The Morgan fingerprint density at radius 2 is 1.84 bits per heavy atom. The van der Waals surface area contributed by atoms with E-state index in [9.17, 15) is 20.1 Å². The first kappa shape index (κ1) is 27.8. The predicted molar refractivity (Wildman–Crippen MR) is 143 cm³/mol. The van der Waals surface area contributed by atoms with E-state index in [0.29, 0.717) is 55.5 Å². The first-order valence-corrected chi connectivity index (χ1v) is 13.3. The lowest BCUT2D eigenvalue weighted by Gasteiger charge is -2.19. The summed E-state index contributed by atoms with van der Waals surface area (Å²) >= 11 is 0. The molecule has 2 aromatic rings. The van der Waals surface area contributed by atoms with Crippen LogP contribution in [-0.4, -0.2) is 53.9 Å². The smallest absolute Gasteiger partial charge is 0.186 e. The highest BCUT2D eigenvalue weighted by Crippen LogP contribution is 2.35. The van der Waals surface area contributed by atoms with Gasteiger partial charge in [0.05, 0.1) is 18.8 Å². The molecule has 2 aliphatic rings. The van der Waals surface area contributed by atoms with E-state index in [0.717, 1.165) is 29.5 Å². The van der Waals surface area contributed by atoms with Crippen molar-refractivity contribution in [3.05, 3.63) is 46.5 Å². The second kappa shape index (κ2) is 13.5. The molecule has 2 aromatic carbocycles. The van der Waals surface area contributed by atoms with Gasteiger partial charge in [0.25, 0.3) is 0 Å². The quantitative estimate of drug-likeness (QED) is 0.322. The van der Waals surface area contributed by atoms with Crippen molar-refractivity contribution < 1.29 is 34.3 Å². The molecule has 1 saturated carbocycles. The summed E-state index contributed by atoms with van der Waals surface area (Å²) in [6, 6.07) is 7.49. The summed E-state index contributed by atoms with van der Waals surface area (Å²) < 4.78 is 17.1. The molecule has 8 heteroatoms. The number of hydrogen-bond donors (Lipinski definition) is 4. The van der Waals surface area contributed by atoms with Crippen molar-refractivity contribution in [2.24, 2.45) is 0 Å². The van der Waals surface area contributed by atoms with E-state index in [1.165, 1.54) is 26.0 Å². The fraction of sp³-hybridized carbons (Fsp3) is 0.500. The van der Waals surface area contributed by atoms with Crippen LogP contribution in [0.1, 0.15) is 67.2 Å².